The third-order valence-electron chi connectivity index (χ3n) is 5.39. The van der Waals surface area contributed by atoms with Crippen molar-refractivity contribution in [3.63, 3.8) is 0 Å². The molecule has 0 atom stereocenters. The number of aromatic nitrogens is 2. The van der Waals surface area contributed by atoms with Crippen LogP contribution in [0.1, 0.15) is 29.8 Å². The van der Waals surface area contributed by atoms with Crippen molar-refractivity contribution in [3.8, 4) is 5.69 Å². The van der Waals surface area contributed by atoms with Gasteiger partial charge in [0.05, 0.1) is 24.6 Å². The van der Waals surface area contributed by atoms with Gasteiger partial charge >= 0.3 is 0 Å². The lowest BCUT2D eigenvalue weighted by Gasteiger charge is -2.37. The maximum Gasteiger partial charge on any atom is 0.246 e. The second-order valence-corrected chi connectivity index (χ2v) is 7.10. The number of ether oxygens (including phenoxy) is 2. The van der Waals surface area contributed by atoms with E-state index in [1.165, 1.54) is 0 Å². The lowest BCUT2D eigenvalue weighted by Crippen LogP contribution is -2.46. The monoisotopic (exact) mass is 367 g/mol. The van der Waals surface area contributed by atoms with Crippen LogP contribution < -0.4 is 0 Å². The Balaban J connectivity index is 1.45. The van der Waals surface area contributed by atoms with Crippen molar-refractivity contribution in [3.05, 3.63) is 53.4 Å². The van der Waals surface area contributed by atoms with Gasteiger partial charge in [0.25, 0.3) is 0 Å². The van der Waals surface area contributed by atoms with Gasteiger partial charge in [0, 0.05) is 43.3 Å². The molecule has 1 spiro atoms. The van der Waals surface area contributed by atoms with Crippen LogP contribution in [0.4, 0.5) is 0 Å². The molecule has 0 unspecified atom stereocenters. The number of piperidine rings is 1. The molecule has 2 fully saturated rings. The number of para-hydroxylation sites is 1. The van der Waals surface area contributed by atoms with Crippen LogP contribution >= 0.6 is 0 Å². The van der Waals surface area contributed by atoms with E-state index in [1.54, 1.807) is 6.08 Å². The van der Waals surface area contributed by atoms with E-state index in [-0.39, 0.29) is 5.91 Å². The van der Waals surface area contributed by atoms with Gasteiger partial charge in [-0.25, -0.2) is 4.68 Å². The number of likely N-dealkylation sites (tertiary alicyclic amines) is 1. The minimum Gasteiger partial charge on any atom is -0.347 e. The molecule has 2 saturated heterocycles. The van der Waals surface area contributed by atoms with Crippen molar-refractivity contribution < 1.29 is 14.3 Å². The third kappa shape index (κ3) is 3.55. The van der Waals surface area contributed by atoms with Crippen LogP contribution in [0.3, 0.4) is 0 Å². The van der Waals surface area contributed by atoms with Gasteiger partial charge < -0.3 is 14.4 Å². The second kappa shape index (κ2) is 7.29. The Morgan fingerprint density at radius 1 is 1.11 bits per heavy atom. The van der Waals surface area contributed by atoms with Crippen molar-refractivity contribution in [1.29, 1.82) is 0 Å². The van der Waals surface area contributed by atoms with Gasteiger partial charge in [-0.2, -0.15) is 5.10 Å². The molecule has 1 aromatic heterocycles. The van der Waals surface area contributed by atoms with E-state index in [0.29, 0.717) is 26.3 Å². The molecule has 0 bridgehead atoms. The Bertz CT molecular complexity index is 841. The van der Waals surface area contributed by atoms with Crippen LogP contribution in [0.15, 0.2) is 36.4 Å². The number of amides is 1. The Hall–Kier alpha value is -2.44. The van der Waals surface area contributed by atoms with E-state index in [4.69, 9.17) is 9.47 Å². The Kier molecular flexibility index (Phi) is 4.85. The summed E-state index contributed by atoms with van der Waals surface area (Å²) in [4.78, 5) is 14.5. The molecule has 0 N–H and O–H groups in total. The predicted molar refractivity (Wildman–Crippen MR) is 103 cm³/mol. The Morgan fingerprint density at radius 3 is 2.44 bits per heavy atom. The SMILES string of the molecule is Cc1nn(-c2ccccc2)c(C)c1C=CC(=O)N1CCC2(CC1)OCCO2. The van der Waals surface area contributed by atoms with Gasteiger partial charge in [-0.3, -0.25) is 4.79 Å². The maximum atomic E-state index is 12.6. The first-order valence-corrected chi connectivity index (χ1v) is 9.45. The van der Waals surface area contributed by atoms with Gasteiger partial charge in [-0.1, -0.05) is 18.2 Å². The largest absolute Gasteiger partial charge is 0.347 e. The van der Waals surface area contributed by atoms with Crippen LogP contribution in [0, 0.1) is 13.8 Å². The normalized spacial score (nSPS) is 19.3. The van der Waals surface area contributed by atoms with Crippen LogP contribution in [-0.2, 0) is 14.3 Å². The minimum atomic E-state index is -0.454. The highest BCUT2D eigenvalue weighted by atomic mass is 16.7. The minimum absolute atomic E-state index is 0.0223. The highest BCUT2D eigenvalue weighted by Crippen LogP contribution is 2.31. The molecule has 27 heavy (non-hydrogen) atoms. The average Bonchev–Trinajstić information content (AvgIpc) is 3.26. The van der Waals surface area contributed by atoms with Crippen LogP contribution in [0.25, 0.3) is 11.8 Å². The number of carbonyl (C=O) groups excluding carboxylic acids is 1. The molecule has 6 nitrogen and oxygen atoms in total. The van der Waals surface area contributed by atoms with E-state index < -0.39 is 5.79 Å². The van der Waals surface area contributed by atoms with Gasteiger partial charge in [0.2, 0.25) is 5.91 Å². The summed E-state index contributed by atoms with van der Waals surface area (Å²) in [5.41, 5.74) is 3.93. The fourth-order valence-electron chi connectivity index (χ4n) is 3.83. The van der Waals surface area contributed by atoms with Crippen LogP contribution in [0.2, 0.25) is 0 Å². The summed E-state index contributed by atoms with van der Waals surface area (Å²) in [6.07, 6.45) is 5.00. The molecule has 142 valence electrons. The van der Waals surface area contributed by atoms with E-state index in [2.05, 4.69) is 5.10 Å². The number of hydrogen-bond acceptors (Lipinski definition) is 4. The molecule has 4 rings (SSSR count). The maximum absolute atomic E-state index is 12.6. The van der Waals surface area contributed by atoms with E-state index in [1.807, 2.05) is 59.8 Å². The topological polar surface area (TPSA) is 56.6 Å². The molecule has 2 aliphatic heterocycles. The molecule has 1 amide bonds. The molecular weight excluding hydrogens is 342 g/mol. The lowest BCUT2D eigenvalue weighted by atomic mass is 10.0. The summed E-state index contributed by atoms with van der Waals surface area (Å²) < 4.78 is 13.4. The zero-order chi connectivity index (χ0) is 18.9. The number of benzene rings is 1. The molecule has 6 heteroatoms. The first-order valence-electron chi connectivity index (χ1n) is 9.45. The zero-order valence-electron chi connectivity index (χ0n) is 15.9. The van der Waals surface area contributed by atoms with Gasteiger partial charge in [0.1, 0.15) is 0 Å². The number of nitrogens with zero attached hydrogens (tertiary/aromatic N) is 3. The molecule has 0 aliphatic carbocycles. The smallest absolute Gasteiger partial charge is 0.246 e. The molecule has 3 heterocycles. The zero-order valence-corrected chi connectivity index (χ0v) is 15.9. The van der Waals surface area contributed by atoms with Crippen molar-refractivity contribution in [2.24, 2.45) is 0 Å². The summed E-state index contributed by atoms with van der Waals surface area (Å²) in [5.74, 6) is -0.432. The average molecular weight is 367 g/mol. The first-order chi connectivity index (χ1) is 13.1. The Labute approximate surface area is 159 Å². The fourth-order valence-corrected chi connectivity index (χ4v) is 3.83. The summed E-state index contributed by atoms with van der Waals surface area (Å²) in [7, 11) is 0. The highest BCUT2D eigenvalue weighted by Gasteiger charge is 2.40. The molecular formula is C21H25N3O3. The van der Waals surface area contributed by atoms with Crippen LogP contribution in [0.5, 0.6) is 0 Å². The summed E-state index contributed by atoms with van der Waals surface area (Å²) in [5, 5.41) is 4.63. The standard InChI is InChI=1S/C21H25N3O3/c1-16-19(17(2)24(22-16)18-6-4-3-5-7-18)8-9-20(25)23-12-10-21(11-13-23)26-14-15-27-21/h3-9H,10-15H2,1-2H3. The van der Waals surface area contributed by atoms with Gasteiger partial charge in [-0.05, 0) is 32.1 Å². The third-order valence-corrected chi connectivity index (χ3v) is 5.39. The van der Waals surface area contributed by atoms with Crippen molar-refractivity contribution >= 4 is 12.0 Å². The van der Waals surface area contributed by atoms with Crippen molar-refractivity contribution in [2.75, 3.05) is 26.3 Å². The Morgan fingerprint density at radius 2 is 1.78 bits per heavy atom. The van der Waals surface area contributed by atoms with E-state index in [9.17, 15) is 4.79 Å². The quantitative estimate of drug-likeness (QED) is 0.783. The highest BCUT2D eigenvalue weighted by molar-refractivity contribution is 5.92. The molecule has 2 aliphatic rings. The van der Waals surface area contributed by atoms with E-state index >= 15 is 0 Å². The fraction of sp³-hybridized carbons (Fsp3) is 0.429. The van der Waals surface area contributed by atoms with Crippen molar-refractivity contribution in [2.45, 2.75) is 32.5 Å². The predicted octanol–water partition coefficient (Wildman–Crippen LogP) is 2.87. The summed E-state index contributed by atoms with van der Waals surface area (Å²) in [6.45, 7) is 6.61. The number of carbonyl (C=O) groups is 1. The second-order valence-electron chi connectivity index (χ2n) is 7.10. The van der Waals surface area contributed by atoms with E-state index in [0.717, 1.165) is 35.5 Å². The summed E-state index contributed by atoms with van der Waals surface area (Å²) >= 11 is 0. The van der Waals surface area contributed by atoms with Gasteiger partial charge in [0.15, 0.2) is 5.79 Å². The molecule has 2 aromatic rings. The van der Waals surface area contributed by atoms with Gasteiger partial charge in [-0.15, -0.1) is 0 Å². The van der Waals surface area contributed by atoms with Crippen molar-refractivity contribution in [1.82, 2.24) is 14.7 Å². The lowest BCUT2D eigenvalue weighted by molar-refractivity contribution is -0.186. The molecule has 0 saturated carbocycles. The number of rotatable bonds is 3. The first kappa shape index (κ1) is 17.9. The summed E-state index contributed by atoms with van der Waals surface area (Å²) in [6, 6.07) is 10.0. The van der Waals surface area contributed by atoms with Crippen LogP contribution in [-0.4, -0.2) is 52.7 Å². The molecule has 0 radical (unpaired) electrons. The number of aryl methyl sites for hydroxylation is 1. The number of hydrogen-bond donors (Lipinski definition) is 0. The molecule has 1 aromatic carbocycles.